The Morgan fingerprint density at radius 1 is 1.22 bits per heavy atom. The molecule has 1 saturated heterocycles. The summed E-state index contributed by atoms with van der Waals surface area (Å²) >= 11 is 0. The lowest BCUT2D eigenvalue weighted by Crippen LogP contribution is -2.43. The second-order valence-corrected chi connectivity index (χ2v) is 6.22. The molecular formula is C19H21N3O5. The Morgan fingerprint density at radius 3 is 2.70 bits per heavy atom. The predicted octanol–water partition coefficient (Wildman–Crippen LogP) is 2.49. The van der Waals surface area contributed by atoms with Gasteiger partial charge < -0.3 is 24.7 Å². The van der Waals surface area contributed by atoms with Crippen LogP contribution < -0.4 is 15.4 Å². The van der Waals surface area contributed by atoms with Gasteiger partial charge in [-0.3, -0.25) is 14.4 Å². The zero-order chi connectivity index (χ0) is 19.4. The van der Waals surface area contributed by atoms with Crippen molar-refractivity contribution in [2.75, 3.05) is 24.3 Å². The fourth-order valence-corrected chi connectivity index (χ4v) is 3.13. The van der Waals surface area contributed by atoms with Crippen LogP contribution in [0.25, 0.3) is 0 Å². The molecule has 0 saturated carbocycles. The van der Waals surface area contributed by atoms with Crippen LogP contribution in [-0.4, -0.2) is 42.3 Å². The summed E-state index contributed by atoms with van der Waals surface area (Å²) in [5.74, 6) is -0.176. The first kappa shape index (κ1) is 18.5. The van der Waals surface area contributed by atoms with E-state index in [1.165, 1.54) is 25.2 Å². The summed E-state index contributed by atoms with van der Waals surface area (Å²) in [6.45, 7) is 1.89. The monoisotopic (exact) mass is 371 g/mol. The summed E-state index contributed by atoms with van der Waals surface area (Å²) in [5, 5.41) is 5.47. The van der Waals surface area contributed by atoms with Crippen LogP contribution in [0, 0.1) is 0 Å². The van der Waals surface area contributed by atoms with Crippen LogP contribution in [0.2, 0.25) is 0 Å². The Balaban J connectivity index is 1.77. The first-order valence-electron chi connectivity index (χ1n) is 8.60. The number of amides is 3. The number of anilines is 2. The number of carbonyl (C=O) groups is 3. The average Bonchev–Trinajstić information content (AvgIpc) is 3.33. The van der Waals surface area contributed by atoms with Gasteiger partial charge in [0, 0.05) is 19.2 Å². The molecule has 8 nitrogen and oxygen atoms in total. The maximum atomic E-state index is 12.8. The lowest BCUT2D eigenvalue weighted by atomic mass is 10.2. The van der Waals surface area contributed by atoms with Crippen LogP contribution in [0.1, 0.15) is 30.3 Å². The summed E-state index contributed by atoms with van der Waals surface area (Å²) in [7, 11) is 1.49. The number of furan rings is 1. The van der Waals surface area contributed by atoms with Gasteiger partial charge in [0.05, 0.1) is 19.1 Å². The van der Waals surface area contributed by atoms with E-state index in [2.05, 4.69) is 10.6 Å². The number of benzene rings is 1. The van der Waals surface area contributed by atoms with Crippen molar-refractivity contribution in [3.63, 3.8) is 0 Å². The van der Waals surface area contributed by atoms with Crippen LogP contribution in [-0.2, 0) is 9.59 Å². The van der Waals surface area contributed by atoms with Gasteiger partial charge in [-0.15, -0.1) is 0 Å². The number of ether oxygens (including phenoxy) is 1. The number of hydrogen-bond donors (Lipinski definition) is 2. The number of hydrogen-bond acceptors (Lipinski definition) is 5. The van der Waals surface area contributed by atoms with Gasteiger partial charge >= 0.3 is 0 Å². The van der Waals surface area contributed by atoms with Crippen molar-refractivity contribution in [2.45, 2.75) is 25.8 Å². The van der Waals surface area contributed by atoms with Crippen molar-refractivity contribution in [3.05, 3.63) is 42.4 Å². The highest BCUT2D eigenvalue weighted by atomic mass is 16.5. The minimum absolute atomic E-state index is 0.208. The number of likely N-dealkylation sites (tertiary alicyclic amines) is 1. The van der Waals surface area contributed by atoms with E-state index < -0.39 is 6.04 Å². The van der Waals surface area contributed by atoms with Crippen molar-refractivity contribution in [1.82, 2.24) is 4.90 Å². The van der Waals surface area contributed by atoms with Gasteiger partial charge in [0.25, 0.3) is 5.91 Å². The maximum absolute atomic E-state index is 12.8. The maximum Gasteiger partial charge on any atom is 0.290 e. The molecule has 2 heterocycles. The van der Waals surface area contributed by atoms with Crippen molar-refractivity contribution in [3.8, 4) is 5.75 Å². The molecule has 1 fully saturated rings. The van der Waals surface area contributed by atoms with Crippen LogP contribution >= 0.6 is 0 Å². The van der Waals surface area contributed by atoms with Crippen molar-refractivity contribution >= 4 is 29.1 Å². The standard InChI is InChI=1S/C19H21N3O5/c1-12(23)20-13-7-8-16(26-2)14(11-13)21-18(24)15-5-3-9-22(15)19(25)17-6-4-10-27-17/h4,6-8,10-11,15H,3,5,9H2,1-2H3,(H,20,23)(H,21,24). The smallest absolute Gasteiger partial charge is 0.290 e. The van der Waals surface area contributed by atoms with Crippen molar-refractivity contribution in [2.24, 2.45) is 0 Å². The summed E-state index contributed by atoms with van der Waals surface area (Å²) < 4.78 is 10.4. The SMILES string of the molecule is COc1ccc(NC(C)=O)cc1NC(=O)C1CCCN1C(=O)c1ccco1. The van der Waals surface area contributed by atoms with E-state index in [9.17, 15) is 14.4 Å². The summed E-state index contributed by atoms with van der Waals surface area (Å²) in [6, 6.07) is 7.56. The summed E-state index contributed by atoms with van der Waals surface area (Å²) in [4.78, 5) is 38.1. The van der Waals surface area contributed by atoms with Gasteiger partial charge in [-0.2, -0.15) is 0 Å². The second-order valence-electron chi connectivity index (χ2n) is 6.22. The Kier molecular flexibility index (Phi) is 5.44. The summed E-state index contributed by atoms with van der Waals surface area (Å²) in [6.07, 6.45) is 2.72. The van der Waals surface area contributed by atoms with E-state index >= 15 is 0 Å². The van der Waals surface area contributed by atoms with Gasteiger partial charge in [-0.1, -0.05) is 0 Å². The molecule has 1 aliphatic heterocycles. The highest BCUT2D eigenvalue weighted by molar-refractivity contribution is 6.01. The molecule has 2 aromatic rings. The van der Waals surface area contributed by atoms with Gasteiger partial charge in [-0.25, -0.2) is 0 Å². The summed E-state index contributed by atoms with van der Waals surface area (Å²) in [5.41, 5.74) is 0.958. The topological polar surface area (TPSA) is 101 Å². The Labute approximate surface area is 156 Å². The molecule has 0 aliphatic carbocycles. The molecule has 1 atom stereocenters. The number of carbonyl (C=O) groups excluding carboxylic acids is 3. The highest BCUT2D eigenvalue weighted by Crippen LogP contribution is 2.29. The molecule has 0 radical (unpaired) electrons. The third kappa shape index (κ3) is 4.11. The quantitative estimate of drug-likeness (QED) is 0.841. The van der Waals surface area contributed by atoms with E-state index in [4.69, 9.17) is 9.15 Å². The van der Waals surface area contributed by atoms with Crippen LogP contribution in [0.4, 0.5) is 11.4 Å². The fraction of sp³-hybridized carbons (Fsp3) is 0.316. The van der Waals surface area contributed by atoms with Gasteiger partial charge in [0.2, 0.25) is 11.8 Å². The predicted molar refractivity (Wildman–Crippen MR) is 98.7 cm³/mol. The number of methoxy groups -OCH3 is 1. The molecule has 2 N–H and O–H groups in total. The molecule has 3 amide bonds. The molecule has 1 aliphatic rings. The molecular weight excluding hydrogens is 350 g/mol. The number of rotatable bonds is 5. The molecule has 3 rings (SSSR count). The zero-order valence-electron chi connectivity index (χ0n) is 15.2. The molecule has 1 aromatic heterocycles. The molecule has 1 aromatic carbocycles. The number of nitrogens with zero attached hydrogens (tertiary/aromatic N) is 1. The normalized spacial score (nSPS) is 16.1. The van der Waals surface area contributed by atoms with E-state index in [1.54, 1.807) is 30.3 Å². The lowest BCUT2D eigenvalue weighted by molar-refractivity contribution is -0.119. The average molecular weight is 371 g/mol. The minimum atomic E-state index is -0.600. The zero-order valence-corrected chi connectivity index (χ0v) is 15.2. The highest BCUT2D eigenvalue weighted by Gasteiger charge is 2.35. The van der Waals surface area contributed by atoms with Gasteiger partial charge in [0.15, 0.2) is 5.76 Å². The lowest BCUT2D eigenvalue weighted by Gasteiger charge is -2.23. The van der Waals surface area contributed by atoms with E-state index in [0.29, 0.717) is 30.1 Å². The third-order valence-corrected chi connectivity index (χ3v) is 4.33. The van der Waals surface area contributed by atoms with Gasteiger partial charge in [-0.05, 0) is 43.2 Å². The molecule has 0 bridgehead atoms. The van der Waals surface area contributed by atoms with E-state index in [0.717, 1.165) is 6.42 Å². The second kappa shape index (κ2) is 7.94. The molecule has 1 unspecified atom stereocenters. The Morgan fingerprint density at radius 2 is 2.04 bits per heavy atom. The Bertz CT molecular complexity index is 847. The van der Waals surface area contributed by atoms with Crippen molar-refractivity contribution < 1.29 is 23.5 Å². The minimum Gasteiger partial charge on any atom is -0.495 e. The van der Waals surface area contributed by atoms with Crippen molar-refractivity contribution in [1.29, 1.82) is 0 Å². The fourth-order valence-electron chi connectivity index (χ4n) is 3.13. The van der Waals surface area contributed by atoms with Gasteiger partial charge in [0.1, 0.15) is 11.8 Å². The van der Waals surface area contributed by atoms with E-state index in [-0.39, 0.29) is 23.5 Å². The molecule has 142 valence electrons. The van der Waals surface area contributed by atoms with Crippen LogP contribution in [0.5, 0.6) is 5.75 Å². The Hall–Kier alpha value is -3.29. The first-order chi connectivity index (χ1) is 13.0. The van der Waals surface area contributed by atoms with E-state index in [1.807, 2.05) is 0 Å². The third-order valence-electron chi connectivity index (χ3n) is 4.33. The molecule has 0 spiro atoms. The number of nitrogens with one attached hydrogen (secondary N) is 2. The first-order valence-corrected chi connectivity index (χ1v) is 8.60. The van der Waals surface area contributed by atoms with Crippen LogP contribution in [0.15, 0.2) is 41.0 Å². The largest absolute Gasteiger partial charge is 0.495 e. The van der Waals surface area contributed by atoms with Crippen LogP contribution in [0.3, 0.4) is 0 Å². The molecule has 8 heteroatoms. The molecule has 27 heavy (non-hydrogen) atoms.